The number of likely N-dealkylation sites (tertiary alicyclic amines) is 1. The number of anilines is 1. The average molecular weight is 594 g/mol. The molecule has 0 radical (unpaired) electrons. The number of amides is 2. The number of ketones is 2. The molecule has 43 heavy (non-hydrogen) atoms. The first-order chi connectivity index (χ1) is 20.7. The Morgan fingerprint density at radius 3 is 2.67 bits per heavy atom. The first-order valence-corrected chi connectivity index (χ1v) is 16.1. The summed E-state index contributed by atoms with van der Waals surface area (Å²) in [5.74, 6) is 0.302. The van der Waals surface area contributed by atoms with E-state index in [4.69, 9.17) is 25.2 Å². The van der Waals surface area contributed by atoms with Crippen LogP contribution in [0.25, 0.3) is 0 Å². The molecule has 1 aromatic rings. The summed E-state index contributed by atoms with van der Waals surface area (Å²) >= 11 is 0. The van der Waals surface area contributed by atoms with Gasteiger partial charge in [-0.15, -0.1) is 0 Å². The minimum atomic E-state index is -0.769. The van der Waals surface area contributed by atoms with Crippen molar-refractivity contribution in [2.45, 2.75) is 96.6 Å². The molecular formula is C32H45N6O5+. The maximum Gasteiger partial charge on any atom is 0.448 e. The molecule has 0 bridgehead atoms. The molecule has 232 valence electrons. The number of rotatable bonds is 7. The van der Waals surface area contributed by atoms with Gasteiger partial charge in [0.05, 0.1) is 24.8 Å². The Morgan fingerprint density at radius 1 is 1.16 bits per heavy atom. The summed E-state index contributed by atoms with van der Waals surface area (Å²) in [6.45, 7) is 6.53. The summed E-state index contributed by atoms with van der Waals surface area (Å²) in [7, 11) is 2.09. The Bertz CT molecular complexity index is 1370. The van der Waals surface area contributed by atoms with Crippen molar-refractivity contribution in [1.82, 2.24) is 14.9 Å². The number of nitrogens with two attached hydrogens (primary N) is 1. The molecule has 2 saturated heterocycles. The molecule has 2 aliphatic carbocycles. The molecule has 3 aliphatic heterocycles. The normalized spacial score (nSPS) is 29.9. The zero-order valence-electron chi connectivity index (χ0n) is 25.8. The quantitative estimate of drug-likeness (QED) is 0.366. The lowest BCUT2D eigenvalue weighted by Gasteiger charge is -2.40. The van der Waals surface area contributed by atoms with Crippen LogP contribution >= 0.6 is 0 Å². The molecule has 4 atom stereocenters. The second-order valence-corrected chi connectivity index (χ2v) is 12.8. The van der Waals surface area contributed by atoms with Gasteiger partial charge in [0.1, 0.15) is 11.9 Å². The Morgan fingerprint density at radius 2 is 1.98 bits per heavy atom. The summed E-state index contributed by atoms with van der Waals surface area (Å²) in [5.41, 5.74) is 7.23. The summed E-state index contributed by atoms with van der Waals surface area (Å²) in [4.78, 5) is 54.6. The van der Waals surface area contributed by atoms with Crippen molar-refractivity contribution in [3.05, 3.63) is 17.1 Å². The zero-order valence-corrected chi connectivity index (χ0v) is 25.8. The fourth-order valence-corrected chi connectivity index (χ4v) is 7.77. The van der Waals surface area contributed by atoms with Gasteiger partial charge in [0.15, 0.2) is 0 Å². The number of carbonyl (C=O) groups is 3. The van der Waals surface area contributed by atoms with Crippen LogP contribution in [0.5, 0.6) is 5.88 Å². The van der Waals surface area contributed by atoms with Crippen molar-refractivity contribution < 1.29 is 28.4 Å². The van der Waals surface area contributed by atoms with Gasteiger partial charge in [0.2, 0.25) is 11.5 Å². The van der Waals surface area contributed by atoms with Gasteiger partial charge < -0.3 is 15.2 Å². The van der Waals surface area contributed by atoms with Crippen LogP contribution in [-0.2, 0) is 9.53 Å². The lowest BCUT2D eigenvalue weighted by atomic mass is 9.64. The van der Waals surface area contributed by atoms with Crippen LogP contribution in [0.15, 0.2) is 11.3 Å². The second kappa shape index (κ2) is 12.1. The molecule has 1 unspecified atom stereocenters. The average Bonchev–Trinajstić information content (AvgIpc) is 3.56. The Kier molecular flexibility index (Phi) is 8.39. The third-order valence-electron chi connectivity index (χ3n) is 10.2. The molecule has 2 N–H and O–H groups in total. The van der Waals surface area contributed by atoms with Crippen LogP contribution in [-0.4, -0.2) is 88.8 Å². The Hall–Kier alpha value is -3.18. The van der Waals surface area contributed by atoms with Gasteiger partial charge in [-0.2, -0.15) is 9.56 Å². The van der Waals surface area contributed by atoms with Crippen LogP contribution in [0.3, 0.4) is 0 Å². The molecule has 5 aliphatic rings. The van der Waals surface area contributed by atoms with Gasteiger partial charge in [0, 0.05) is 36.3 Å². The van der Waals surface area contributed by atoms with Crippen LogP contribution < -0.4 is 15.4 Å². The second-order valence-electron chi connectivity index (χ2n) is 12.8. The van der Waals surface area contributed by atoms with E-state index in [0.29, 0.717) is 74.6 Å². The molecule has 1 spiro atoms. The van der Waals surface area contributed by atoms with Crippen molar-refractivity contribution in [2.75, 3.05) is 38.3 Å². The highest BCUT2D eigenvalue weighted by atomic mass is 16.5. The van der Waals surface area contributed by atoms with Gasteiger partial charge in [-0.3, -0.25) is 14.5 Å². The topological polar surface area (TPSA) is 131 Å². The fraction of sp³-hybridized carbons (Fsp3) is 0.688. The van der Waals surface area contributed by atoms with Crippen LogP contribution in [0.2, 0.25) is 0 Å². The Balaban J connectivity index is 1.45. The Labute approximate surface area is 253 Å². The summed E-state index contributed by atoms with van der Waals surface area (Å²) in [6, 6.07) is -0.0616. The van der Waals surface area contributed by atoms with Crippen molar-refractivity contribution in [3.63, 3.8) is 0 Å². The standard InChI is InChI=1S/C32H44N6O5/c1-4-37-25-29(38(31(37)41)18-21-10-9-17-42-19-21)34-28(35-30(25)43-20(2)23-12-8-16-36(23)3)26(40)22-11-7-15-32(27(22)33)14-6-5-13-24(32)39/h18,20-21,23H,4-17,19H2,1-3H3,(H-,33,40)/p+1/b38-18-/t20-,21?,23-,32+/m0/s1. The summed E-state index contributed by atoms with van der Waals surface area (Å²) < 4.78 is 13.8. The predicted octanol–water partition coefficient (Wildman–Crippen LogP) is 4.15. The number of nitrogens with zero attached hydrogens (tertiary/aromatic N) is 5. The minimum absolute atomic E-state index is 0.0424. The smallest absolute Gasteiger partial charge is 0.448 e. The summed E-state index contributed by atoms with van der Waals surface area (Å²) in [5, 5.41) is 0. The number of ether oxygens (including phenoxy) is 2. The molecule has 11 nitrogen and oxygen atoms in total. The molecule has 3 fully saturated rings. The van der Waals surface area contributed by atoms with Crippen LogP contribution in [0.1, 0.15) is 95.1 Å². The van der Waals surface area contributed by atoms with E-state index in [1.54, 1.807) is 9.48 Å². The molecule has 6 rings (SSSR count). The largest absolute Gasteiger partial charge is 0.470 e. The first kappa shape index (κ1) is 29.9. The van der Waals surface area contributed by atoms with Gasteiger partial charge >= 0.3 is 11.8 Å². The number of urea groups is 1. The number of allylic oxidation sites excluding steroid dienone is 2. The lowest BCUT2D eigenvalue weighted by molar-refractivity contribution is -0.325. The van der Waals surface area contributed by atoms with Gasteiger partial charge in [-0.25, -0.2) is 9.69 Å². The highest BCUT2D eigenvalue weighted by Crippen LogP contribution is 2.48. The molecular weight excluding hydrogens is 548 g/mol. The minimum Gasteiger partial charge on any atom is -0.470 e. The number of carbonyl (C=O) groups excluding carboxylic acids is 3. The maximum absolute atomic E-state index is 14.2. The SMILES string of the molecule is CCN1C(=O)/[N+](=C\C2CCCOC2)c2nc(C(=O)C3=C(N)[C@]4(CCCCC4=O)CCC3)nc(O[C@@H](C)[C@@H]3CCCN3C)c21. The van der Waals surface area contributed by atoms with E-state index in [-0.39, 0.29) is 41.6 Å². The summed E-state index contributed by atoms with van der Waals surface area (Å²) in [6.07, 6.45) is 10.3. The molecule has 4 heterocycles. The van der Waals surface area contributed by atoms with Crippen molar-refractivity contribution in [3.8, 4) is 5.88 Å². The number of hydrogen-bond acceptors (Lipinski definition) is 9. The highest BCUT2D eigenvalue weighted by molar-refractivity contribution is 6.09. The van der Waals surface area contributed by atoms with Crippen LogP contribution in [0.4, 0.5) is 16.3 Å². The van der Waals surface area contributed by atoms with E-state index in [1.807, 2.05) is 20.1 Å². The van der Waals surface area contributed by atoms with E-state index < -0.39 is 11.2 Å². The molecule has 1 saturated carbocycles. The van der Waals surface area contributed by atoms with E-state index in [9.17, 15) is 14.4 Å². The number of likely N-dealkylation sites (N-methyl/N-ethyl adjacent to an activating group) is 1. The molecule has 11 heteroatoms. The fourth-order valence-electron chi connectivity index (χ4n) is 7.77. The van der Waals surface area contributed by atoms with Gasteiger partial charge in [-0.05, 0) is 85.2 Å². The number of hydrogen-bond donors (Lipinski definition) is 1. The van der Waals surface area contributed by atoms with Crippen molar-refractivity contribution >= 4 is 35.3 Å². The number of aromatic nitrogens is 2. The van der Waals surface area contributed by atoms with E-state index in [1.165, 1.54) is 0 Å². The first-order valence-electron chi connectivity index (χ1n) is 16.1. The number of Topliss-reactive ketones (excluding diaryl/α,β-unsaturated/α-hetero) is 2. The zero-order chi connectivity index (χ0) is 30.3. The third-order valence-corrected chi connectivity index (χ3v) is 10.2. The third kappa shape index (κ3) is 5.28. The van der Waals surface area contributed by atoms with E-state index in [2.05, 4.69) is 11.9 Å². The molecule has 0 aromatic carbocycles. The predicted molar refractivity (Wildman–Crippen MR) is 161 cm³/mol. The molecule has 2 amide bonds. The molecule has 1 aromatic heterocycles. The highest BCUT2D eigenvalue weighted by Gasteiger charge is 2.49. The maximum atomic E-state index is 14.2. The van der Waals surface area contributed by atoms with Crippen LogP contribution in [0, 0.1) is 11.3 Å². The number of fused-ring (bicyclic) bond motifs is 1. The monoisotopic (exact) mass is 593 g/mol. The van der Waals surface area contributed by atoms with Gasteiger partial charge in [0.25, 0.3) is 11.7 Å². The lowest BCUT2D eigenvalue weighted by Crippen LogP contribution is -2.42. The van der Waals surface area contributed by atoms with E-state index >= 15 is 0 Å². The van der Waals surface area contributed by atoms with E-state index in [0.717, 1.165) is 45.1 Å². The van der Waals surface area contributed by atoms with Crippen molar-refractivity contribution in [1.29, 1.82) is 0 Å². The van der Waals surface area contributed by atoms with Crippen molar-refractivity contribution in [2.24, 2.45) is 17.1 Å². The van der Waals surface area contributed by atoms with Gasteiger partial charge in [-0.1, -0.05) is 11.4 Å².